The number of benzene rings is 1. The Balaban J connectivity index is 1.55. The summed E-state index contributed by atoms with van der Waals surface area (Å²) in [6.07, 6.45) is 5.92. The maximum atomic E-state index is 13.4. The number of allylic oxidation sites excluding steroid dienone is 2. The zero-order chi connectivity index (χ0) is 23.4. The quantitative estimate of drug-likeness (QED) is 0.408. The molecule has 5 N–H and O–H groups in total. The number of rotatable bonds is 3. The maximum absolute atomic E-state index is 13.4. The number of aromatic hydroxyl groups is 1. The number of aliphatic hydroxyl groups is 2. The van der Waals surface area contributed by atoms with E-state index in [1.165, 1.54) is 0 Å². The lowest BCUT2D eigenvalue weighted by atomic mass is 9.61. The fourth-order valence-corrected chi connectivity index (χ4v) is 5.86. The van der Waals surface area contributed by atoms with E-state index in [-0.39, 0.29) is 35.0 Å². The normalized spacial score (nSPS) is 27.3. The van der Waals surface area contributed by atoms with E-state index in [1.807, 2.05) is 12.1 Å². The van der Waals surface area contributed by atoms with Crippen LogP contribution in [0, 0.1) is 17.8 Å². The number of fused-ring (bicyclic) bond motifs is 3. The molecule has 1 aromatic carbocycles. The minimum atomic E-state index is -1.09. The van der Waals surface area contributed by atoms with Crippen LogP contribution in [0.3, 0.4) is 0 Å². The minimum Gasteiger partial charge on any atom is -0.511 e. The standard InChI is InChI=1S/C25H26N2O6/c26-25(33)20-16(28)10-15-9-14-8-12-4-5-13(11-27-6-2-1-3-7-27)21(29)17(12)22(30)18(14)23(31)19(15)24(20)32/h1-2,4-5,14-15,19,29-30,32H,3,6-11H2,(H2,26,33). The topological polar surface area (TPSA) is 141 Å². The molecule has 1 amide bonds. The van der Waals surface area contributed by atoms with Gasteiger partial charge in [0.2, 0.25) is 0 Å². The van der Waals surface area contributed by atoms with Crippen LogP contribution < -0.4 is 5.73 Å². The second kappa shape index (κ2) is 7.88. The van der Waals surface area contributed by atoms with Crippen molar-refractivity contribution in [3.8, 4) is 5.75 Å². The van der Waals surface area contributed by atoms with Gasteiger partial charge in [-0.25, -0.2) is 0 Å². The third-order valence-corrected chi connectivity index (χ3v) is 7.38. The average molecular weight is 450 g/mol. The predicted molar refractivity (Wildman–Crippen MR) is 119 cm³/mol. The Morgan fingerprint density at radius 3 is 2.61 bits per heavy atom. The number of nitrogens with zero attached hydrogens (tertiary/aromatic N) is 1. The lowest BCUT2D eigenvalue weighted by molar-refractivity contribution is -0.127. The summed E-state index contributed by atoms with van der Waals surface area (Å²) in [7, 11) is 0. The molecule has 8 nitrogen and oxygen atoms in total. The molecule has 1 saturated carbocycles. The van der Waals surface area contributed by atoms with Crippen LogP contribution in [0.2, 0.25) is 0 Å². The van der Waals surface area contributed by atoms with Crippen molar-refractivity contribution in [1.29, 1.82) is 0 Å². The molecule has 5 rings (SSSR count). The molecular weight excluding hydrogens is 424 g/mol. The first kappa shape index (κ1) is 21.5. The lowest BCUT2D eigenvalue weighted by Crippen LogP contribution is -2.44. The van der Waals surface area contributed by atoms with Crippen LogP contribution in [0.4, 0.5) is 0 Å². The Hall–Kier alpha value is -3.39. The molecule has 3 atom stereocenters. The Labute approximate surface area is 190 Å². The fourth-order valence-electron chi connectivity index (χ4n) is 5.86. The average Bonchev–Trinajstić information content (AvgIpc) is 2.75. The maximum Gasteiger partial charge on any atom is 0.255 e. The van der Waals surface area contributed by atoms with Crippen LogP contribution in [-0.4, -0.2) is 50.8 Å². The molecule has 0 saturated heterocycles. The summed E-state index contributed by atoms with van der Waals surface area (Å²) in [5.41, 5.74) is 6.53. The SMILES string of the molecule is NC(=O)C1=C(O)C2C(=O)C3=C(O)c4c(ccc(CN5CC=CCC5)c4O)CC3CC2CC1=O. The van der Waals surface area contributed by atoms with Crippen molar-refractivity contribution < 1.29 is 29.7 Å². The van der Waals surface area contributed by atoms with E-state index < -0.39 is 40.6 Å². The fraction of sp³-hybridized carbons (Fsp3) is 0.400. The van der Waals surface area contributed by atoms with Crippen molar-refractivity contribution in [3.05, 3.63) is 57.9 Å². The molecule has 8 heteroatoms. The number of phenolic OH excluding ortho intramolecular Hbond substituents is 1. The van der Waals surface area contributed by atoms with Crippen LogP contribution in [-0.2, 0) is 27.3 Å². The number of aliphatic hydroxyl groups excluding tert-OH is 2. The van der Waals surface area contributed by atoms with Gasteiger partial charge in [-0.2, -0.15) is 0 Å². The number of hydrogen-bond acceptors (Lipinski definition) is 7. The monoisotopic (exact) mass is 450 g/mol. The molecular formula is C25H26N2O6. The van der Waals surface area contributed by atoms with Gasteiger partial charge < -0.3 is 21.1 Å². The zero-order valence-corrected chi connectivity index (χ0v) is 18.1. The van der Waals surface area contributed by atoms with Crippen molar-refractivity contribution in [1.82, 2.24) is 4.90 Å². The number of Topliss-reactive ketones (excluding diaryl/α,β-unsaturated/α-hetero) is 2. The van der Waals surface area contributed by atoms with Gasteiger partial charge in [-0.1, -0.05) is 24.3 Å². The van der Waals surface area contributed by atoms with E-state index in [4.69, 9.17) is 5.73 Å². The molecule has 1 heterocycles. The molecule has 0 spiro atoms. The van der Waals surface area contributed by atoms with E-state index in [2.05, 4.69) is 17.1 Å². The van der Waals surface area contributed by atoms with Crippen LogP contribution in [0.1, 0.15) is 36.0 Å². The number of phenols is 1. The number of carbonyl (C=O) groups is 3. The van der Waals surface area contributed by atoms with Crippen LogP contribution in [0.15, 0.2) is 41.2 Å². The van der Waals surface area contributed by atoms with E-state index in [9.17, 15) is 29.7 Å². The number of primary amides is 1. The Bertz CT molecular complexity index is 1180. The van der Waals surface area contributed by atoms with Gasteiger partial charge in [0.1, 0.15) is 22.8 Å². The van der Waals surface area contributed by atoms with Gasteiger partial charge >= 0.3 is 0 Å². The van der Waals surface area contributed by atoms with E-state index in [1.54, 1.807) is 0 Å². The second-order valence-corrected chi connectivity index (χ2v) is 9.36. The molecule has 3 aliphatic carbocycles. The summed E-state index contributed by atoms with van der Waals surface area (Å²) in [5.74, 6) is -4.96. The van der Waals surface area contributed by atoms with Crippen LogP contribution in [0.5, 0.6) is 5.75 Å². The van der Waals surface area contributed by atoms with Gasteiger partial charge in [0.25, 0.3) is 5.91 Å². The lowest BCUT2D eigenvalue weighted by Gasteiger charge is -2.41. The molecule has 172 valence electrons. The van der Waals surface area contributed by atoms with Gasteiger partial charge in [-0.15, -0.1) is 0 Å². The number of nitrogens with two attached hydrogens (primary N) is 1. The minimum absolute atomic E-state index is 0.0446. The van der Waals surface area contributed by atoms with Crippen molar-refractivity contribution in [2.75, 3.05) is 13.1 Å². The summed E-state index contributed by atoms with van der Waals surface area (Å²) < 4.78 is 0. The van der Waals surface area contributed by atoms with E-state index >= 15 is 0 Å². The Morgan fingerprint density at radius 2 is 1.91 bits per heavy atom. The highest BCUT2D eigenvalue weighted by molar-refractivity contribution is 6.21. The zero-order valence-electron chi connectivity index (χ0n) is 18.1. The molecule has 0 aromatic heterocycles. The molecule has 0 bridgehead atoms. The number of amides is 1. The van der Waals surface area contributed by atoms with E-state index in [0.717, 1.165) is 25.1 Å². The van der Waals surface area contributed by atoms with Crippen LogP contribution in [0.25, 0.3) is 5.76 Å². The Morgan fingerprint density at radius 1 is 1.12 bits per heavy atom. The summed E-state index contributed by atoms with van der Waals surface area (Å²) in [4.78, 5) is 39.6. The van der Waals surface area contributed by atoms with Crippen molar-refractivity contribution in [2.45, 2.75) is 32.2 Å². The highest BCUT2D eigenvalue weighted by atomic mass is 16.3. The summed E-state index contributed by atoms with van der Waals surface area (Å²) in [6, 6.07) is 3.73. The third kappa shape index (κ3) is 3.36. The first-order valence-corrected chi connectivity index (χ1v) is 11.2. The first-order valence-electron chi connectivity index (χ1n) is 11.2. The predicted octanol–water partition coefficient (Wildman–Crippen LogP) is 2.07. The molecule has 4 aliphatic rings. The molecule has 1 fully saturated rings. The first-order chi connectivity index (χ1) is 15.8. The number of hydrogen-bond donors (Lipinski definition) is 4. The molecule has 0 radical (unpaired) electrons. The second-order valence-electron chi connectivity index (χ2n) is 9.36. The van der Waals surface area contributed by atoms with Gasteiger partial charge in [0.05, 0.1) is 11.5 Å². The smallest absolute Gasteiger partial charge is 0.255 e. The van der Waals surface area contributed by atoms with Gasteiger partial charge in [-0.05, 0) is 36.7 Å². The molecule has 1 aliphatic heterocycles. The highest BCUT2D eigenvalue weighted by Crippen LogP contribution is 2.50. The molecule has 3 unspecified atom stereocenters. The molecule has 33 heavy (non-hydrogen) atoms. The summed E-state index contributed by atoms with van der Waals surface area (Å²) in [6.45, 7) is 2.16. The van der Waals surface area contributed by atoms with Crippen LogP contribution >= 0.6 is 0 Å². The van der Waals surface area contributed by atoms with Gasteiger partial charge in [0, 0.05) is 37.2 Å². The van der Waals surface area contributed by atoms with Gasteiger partial charge in [0.15, 0.2) is 11.6 Å². The number of carbonyl (C=O) groups excluding carboxylic acids is 3. The Kier molecular flexibility index (Phi) is 5.12. The van der Waals surface area contributed by atoms with E-state index in [0.29, 0.717) is 24.9 Å². The third-order valence-electron chi connectivity index (χ3n) is 7.38. The largest absolute Gasteiger partial charge is 0.511 e. The number of ketones is 2. The highest BCUT2D eigenvalue weighted by Gasteiger charge is 2.50. The van der Waals surface area contributed by atoms with Crippen molar-refractivity contribution in [2.24, 2.45) is 23.5 Å². The van der Waals surface area contributed by atoms with Crippen molar-refractivity contribution >= 4 is 23.2 Å². The van der Waals surface area contributed by atoms with Gasteiger partial charge in [-0.3, -0.25) is 19.3 Å². The summed E-state index contributed by atoms with van der Waals surface area (Å²) >= 11 is 0. The summed E-state index contributed by atoms with van der Waals surface area (Å²) in [5, 5.41) is 32.8. The molecule has 1 aromatic rings. The van der Waals surface area contributed by atoms with Crippen molar-refractivity contribution in [3.63, 3.8) is 0 Å².